The van der Waals surface area contributed by atoms with Gasteiger partial charge in [0, 0.05) is 28.7 Å². The highest BCUT2D eigenvalue weighted by Crippen LogP contribution is 2.18. The van der Waals surface area contributed by atoms with Crippen LogP contribution in [0.3, 0.4) is 0 Å². The third-order valence-corrected chi connectivity index (χ3v) is 4.08. The number of amides is 2. The lowest BCUT2D eigenvalue weighted by Crippen LogP contribution is -2.40. The Bertz CT molecular complexity index is 744. The van der Waals surface area contributed by atoms with Crippen LogP contribution in [0, 0.1) is 5.92 Å². The maximum atomic E-state index is 11.9. The van der Waals surface area contributed by atoms with E-state index < -0.39 is 0 Å². The van der Waals surface area contributed by atoms with Crippen LogP contribution in [0.1, 0.15) is 12.8 Å². The minimum absolute atomic E-state index is 0.0109. The van der Waals surface area contributed by atoms with Gasteiger partial charge in [-0.05, 0) is 36.8 Å². The average Bonchev–Trinajstić information content (AvgIpc) is 2.70. The van der Waals surface area contributed by atoms with Crippen LogP contribution in [0.5, 0.6) is 0 Å². The number of rotatable bonds is 3. The van der Waals surface area contributed by atoms with E-state index in [1.807, 2.05) is 30.3 Å². The summed E-state index contributed by atoms with van der Waals surface area (Å²) in [7, 11) is 0. The molecule has 0 aromatic heterocycles. The van der Waals surface area contributed by atoms with Crippen molar-refractivity contribution in [1.82, 2.24) is 5.32 Å². The van der Waals surface area contributed by atoms with Crippen molar-refractivity contribution in [3.8, 4) is 0 Å². The molecule has 28 heavy (non-hydrogen) atoms. The van der Waals surface area contributed by atoms with Gasteiger partial charge in [-0.1, -0.05) is 53.5 Å². The predicted molar refractivity (Wildman–Crippen MR) is 115 cm³/mol. The van der Waals surface area contributed by atoms with Crippen molar-refractivity contribution in [3.63, 3.8) is 0 Å². The van der Waals surface area contributed by atoms with Gasteiger partial charge >= 0.3 is 0 Å². The van der Waals surface area contributed by atoms with Crippen molar-refractivity contribution in [1.29, 1.82) is 0 Å². The van der Waals surface area contributed by atoms with Gasteiger partial charge in [0.05, 0.1) is 12.5 Å². The largest absolute Gasteiger partial charge is 0.392 e. The molecule has 3 rings (SSSR count). The zero-order chi connectivity index (χ0) is 20.8. The molecule has 0 spiro atoms. The first kappa shape index (κ1) is 23.7. The molecule has 2 amide bonds. The first-order valence-corrected chi connectivity index (χ1v) is 9.47. The second-order valence-corrected chi connectivity index (χ2v) is 6.68. The Labute approximate surface area is 175 Å². The normalized spacial score (nSPS) is 15.0. The fraction of sp³-hybridized carbons (Fsp3) is 0.238. The van der Waals surface area contributed by atoms with Crippen molar-refractivity contribution in [2.45, 2.75) is 12.8 Å². The molecule has 1 unspecified atom stereocenters. The van der Waals surface area contributed by atoms with E-state index in [2.05, 4.69) is 17.2 Å². The van der Waals surface area contributed by atoms with E-state index in [1.54, 1.807) is 24.3 Å². The Hall–Kier alpha value is -2.34. The minimum Gasteiger partial charge on any atom is -0.392 e. The molecule has 7 heteroatoms. The van der Waals surface area contributed by atoms with Crippen molar-refractivity contribution < 1.29 is 14.7 Å². The first-order valence-electron chi connectivity index (χ1n) is 8.71. The summed E-state index contributed by atoms with van der Waals surface area (Å²) in [5.41, 5.74) is 0.680. The quantitative estimate of drug-likeness (QED) is 0.644. The Morgan fingerprint density at radius 1 is 1.18 bits per heavy atom. The number of hydrogen-bond acceptors (Lipinski definition) is 3. The SMILES string of the molecule is C=CCO.Clc1ccccc1.O=C1CCC(C(=O)Nc2cccc(Cl)c2)CN1. The molecule has 1 aliphatic rings. The fourth-order valence-electron chi connectivity index (χ4n) is 2.18. The summed E-state index contributed by atoms with van der Waals surface area (Å²) in [6.07, 6.45) is 2.44. The summed E-state index contributed by atoms with van der Waals surface area (Å²) in [4.78, 5) is 22.9. The van der Waals surface area contributed by atoms with Gasteiger partial charge in [0.2, 0.25) is 11.8 Å². The van der Waals surface area contributed by atoms with Crippen LogP contribution in [-0.4, -0.2) is 30.1 Å². The molecule has 1 aliphatic heterocycles. The lowest BCUT2D eigenvalue weighted by atomic mass is 9.98. The number of carbonyl (C=O) groups excluding carboxylic acids is 2. The molecule has 2 aromatic carbocycles. The lowest BCUT2D eigenvalue weighted by molar-refractivity contribution is -0.126. The van der Waals surface area contributed by atoms with Crippen molar-refractivity contribution in [2.75, 3.05) is 18.5 Å². The molecule has 1 atom stereocenters. The second-order valence-electron chi connectivity index (χ2n) is 5.81. The minimum atomic E-state index is -0.160. The smallest absolute Gasteiger partial charge is 0.229 e. The summed E-state index contributed by atoms with van der Waals surface area (Å²) in [5.74, 6) is -0.226. The number of aliphatic hydroxyl groups is 1. The molecule has 0 aliphatic carbocycles. The Balaban J connectivity index is 0.000000293. The highest BCUT2D eigenvalue weighted by atomic mass is 35.5. The van der Waals surface area contributed by atoms with Gasteiger partial charge in [-0.15, -0.1) is 6.58 Å². The zero-order valence-electron chi connectivity index (χ0n) is 15.4. The van der Waals surface area contributed by atoms with Crippen LogP contribution in [-0.2, 0) is 9.59 Å². The number of aliphatic hydroxyl groups excluding tert-OH is 1. The molecule has 5 nitrogen and oxygen atoms in total. The number of carbonyl (C=O) groups is 2. The Morgan fingerprint density at radius 3 is 2.29 bits per heavy atom. The third kappa shape index (κ3) is 10.1. The van der Waals surface area contributed by atoms with E-state index in [0.29, 0.717) is 30.1 Å². The fourth-order valence-corrected chi connectivity index (χ4v) is 2.52. The molecular weight excluding hydrogens is 399 g/mol. The lowest BCUT2D eigenvalue weighted by Gasteiger charge is -2.21. The molecule has 0 radical (unpaired) electrons. The number of piperidine rings is 1. The summed E-state index contributed by atoms with van der Waals surface area (Å²) in [5, 5.41) is 14.6. The molecular formula is C21H24Cl2N2O3. The maximum Gasteiger partial charge on any atom is 0.229 e. The van der Waals surface area contributed by atoms with Gasteiger partial charge in [-0.3, -0.25) is 9.59 Å². The first-order chi connectivity index (χ1) is 13.5. The van der Waals surface area contributed by atoms with Crippen molar-refractivity contribution in [3.05, 3.63) is 77.3 Å². The number of anilines is 1. The second kappa shape index (κ2) is 13.8. The van der Waals surface area contributed by atoms with Crippen LogP contribution >= 0.6 is 23.2 Å². The van der Waals surface area contributed by atoms with Gasteiger partial charge in [-0.2, -0.15) is 0 Å². The van der Waals surface area contributed by atoms with Crippen LogP contribution < -0.4 is 10.6 Å². The van der Waals surface area contributed by atoms with Crippen molar-refractivity contribution >= 4 is 40.7 Å². The van der Waals surface area contributed by atoms with E-state index in [-0.39, 0.29) is 24.3 Å². The highest BCUT2D eigenvalue weighted by molar-refractivity contribution is 6.31. The summed E-state index contributed by atoms with van der Waals surface area (Å²) in [6, 6.07) is 16.4. The van der Waals surface area contributed by atoms with Gasteiger partial charge in [0.15, 0.2) is 0 Å². The topological polar surface area (TPSA) is 78.4 Å². The molecule has 150 valence electrons. The average molecular weight is 423 g/mol. The van der Waals surface area contributed by atoms with Gasteiger partial charge in [-0.25, -0.2) is 0 Å². The van der Waals surface area contributed by atoms with E-state index in [4.69, 9.17) is 28.3 Å². The standard InChI is InChI=1S/C12H13ClN2O2.C6H5Cl.C3H6O/c13-9-2-1-3-10(6-9)15-12(17)8-4-5-11(16)14-7-8;7-6-4-2-1-3-5-6;1-2-3-4/h1-3,6,8H,4-5,7H2,(H,14,16)(H,15,17);1-5H;2,4H,1,3H2. The van der Waals surface area contributed by atoms with Gasteiger partial charge in [0.1, 0.15) is 0 Å². The zero-order valence-corrected chi connectivity index (χ0v) is 16.9. The molecule has 0 saturated carbocycles. The van der Waals surface area contributed by atoms with E-state index in [1.165, 1.54) is 6.08 Å². The van der Waals surface area contributed by atoms with Crippen LogP contribution in [0.15, 0.2) is 67.3 Å². The van der Waals surface area contributed by atoms with Crippen LogP contribution in [0.2, 0.25) is 10.0 Å². The summed E-state index contributed by atoms with van der Waals surface area (Å²) >= 11 is 11.4. The number of halogens is 2. The third-order valence-electron chi connectivity index (χ3n) is 3.59. The van der Waals surface area contributed by atoms with E-state index >= 15 is 0 Å². The molecule has 2 aromatic rings. The number of benzene rings is 2. The van der Waals surface area contributed by atoms with Crippen molar-refractivity contribution in [2.24, 2.45) is 5.92 Å². The molecule has 0 bridgehead atoms. The summed E-state index contributed by atoms with van der Waals surface area (Å²) < 4.78 is 0. The predicted octanol–water partition coefficient (Wildman–Crippen LogP) is 4.31. The van der Waals surface area contributed by atoms with E-state index in [0.717, 1.165) is 5.02 Å². The molecule has 3 N–H and O–H groups in total. The Kier molecular flexibility index (Phi) is 11.7. The molecule has 1 fully saturated rings. The number of hydrogen-bond donors (Lipinski definition) is 3. The van der Waals surface area contributed by atoms with Gasteiger partial charge < -0.3 is 15.7 Å². The van der Waals surface area contributed by atoms with E-state index in [9.17, 15) is 9.59 Å². The highest BCUT2D eigenvalue weighted by Gasteiger charge is 2.24. The number of nitrogens with one attached hydrogen (secondary N) is 2. The monoisotopic (exact) mass is 422 g/mol. The van der Waals surface area contributed by atoms with Crippen LogP contribution in [0.4, 0.5) is 5.69 Å². The van der Waals surface area contributed by atoms with Gasteiger partial charge in [0.25, 0.3) is 0 Å². The maximum absolute atomic E-state index is 11.9. The molecule has 1 saturated heterocycles. The van der Waals surface area contributed by atoms with Crippen LogP contribution in [0.25, 0.3) is 0 Å². The molecule has 1 heterocycles. The Morgan fingerprint density at radius 2 is 1.82 bits per heavy atom. The summed E-state index contributed by atoms with van der Waals surface area (Å²) in [6.45, 7) is 3.72.